The third kappa shape index (κ3) is 3.85. The Morgan fingerprint density at radius 2 is 1.86 bits per heavy atom. The summed E-state index contributed by atoms with van der Waals surface area (Å²) in [6.45, 7) is 6.55. The molecule has 1 aromatic rings. The van der Waals surface area contributed by atoms with Gasteiger partial charge in [0.1, 0.15) is 0 Å². The Labute approximate surface area is 127 Å². The Hall–Kier alpha value is -1.35. The summed E-state index contributed by atoms with van der Waals surface area (Å²) in [5, 5.41) is 3.05. The fraction of sp³-hybridized carbons (Fsp3) is 0.611. The van der Waals surface area contributed by atoms with E-state index in [0.29, 0.717) is 12.3 Å². The van der Waals surface area contributed by atoms with Gasteiger partial charge >= 0.3 is 0 Å². The zero-order valence-corrected chi connectivity index (χ0v) is 13.2. The predicted octanol–water partition coefficient (Wildman–Crippen LogP) is 3.51. The number of nitrogens with zero attached hydrogens (tertiary/aromatic N) is 1. The lowest BCUT2D eigenvalue weighted by Crippen LogP contribution is -2.36. The van der Waals surface area contributed by atoms with Crippen LogP contribution in [0, 0.1) is 19.8 Å². The van der Waals surface area contributed by atoms with Gasteiger partial charge in [-0.05, 0) is 81.8 Å². The number of hydrogen-bond donors (Lipinski definition) is 1. The maximum atomic E-state index is 12.2. The molecule has 0 radical (unpaired) electrons. The molecule has 1 saturated carbocycles. The van der Waals surface area contributed by atoms with E-state index in [-0.39, 0.29) is 5.91 Å². The first kappa shape index (κ1) is 14.6. The topological polar surface area (TPSA) is 32.3 Å². The summed E-state index contributed by atoms with van der Waals surface area (Å²) in [5.41, 5.74) is 3.42. The van der Waals surface area contributed by atoms with Crippen LogP contribution in [0.4, 0.5) is 5.69 Å². The average molecular weight is 286 g/mol. The maximum Gasteiger partial charge on any atom is 0.224 e. The van der Waals surface area contributed by atoms with Gasteiger partial charge in [0.2, 0.25) is 5.91 Å². The number of likely N-dealkylation sites (tertiary alicyclic amines) is 1. The molecule has 0 spiro atoms. The van der Waals surface area contributed by atoms with Crippen molar-refractivity contribution in [3.05, 3.63) is 29.3 Å². The smallest absolute Gasteiger partial charge is 0.224 e. The van der Waals surface area contributed by atoms with Crippen molar-refractivity contribution in [2.75, 3.05) is 18.4 Å². The van der Waals surface area contributed by atoms with Gasteiger partial charge in [0.25, 0.3) is 0 Å². The van der Waals surface area contributed by atoms with Crippen LogP contribution < -0.4 is 5.32 Å². The minimum Gasteiger partial charge on any atom is -0.326 e. The molecule has 1 saturated heterocycles. The van der Waals surface area contributed by atoms with Crippen LogP contribution in [-0.4, -0.2) is 29.9 Å². The number of aryl methyl sites for hydroxylation is 2. The van der Waals surface area contributed by atoms with Gasteiger partial charge < -0.3 is 10.2 Å². The van der Waals surface area contributed by atoms with E-state index in [1.165, 1.54) is 49.9 Å². The Kier molecular flexibility index (Phi) is 4.29. The number of piperidine rings is 1. The molecule has 1 aliphatic carbocycles. The number of carbonyl (C=O) groups excluding carboxylic acids is 1. The van der Waals surface area contributed by atoms with Crippen LogP contribution in [0.3, 0.4) is 0 Å². The molecule has 1 amide bonds. The molecule has 0 aromatic heterocycles. The minimum atomic E-state index is 0.170. The van der Waals surface area contributed by atoms with Crippen molar-refractivity contribution in [2.45, 2.75) is 52.0 Å². The van der Waals surface area contributed by atoms with Crippen LogP contribution >= 0.6 is 0 Å². The van der Waals surface area contributed by atoms with Crippen molar-refractivity contribution in [1.29, 1.82) is 0 Å². The lowest BCUT2D eigenvalue weighted by Gasteiger charge is -2.31. The standard InChI is InChI=1S/C18H26N2O/c1-13-3-4-16(11-14(13)2)19-18(21)12-15-7-9-20(10-8-15)17-5-6-17/h3-4,11,15,17H,5-10,12H2,1-2H3,(H,19,21). The molecule has 21 heavy (non-hydrogen) atoms. The zero-order valence-electron chi connectivity index (χ0n) is 13.2. The monoisotopic (exact) mass is 286 g/mol. The average Bonchev–Trinajstić information content (AvgIpc) is 3.28. The highest BCUT2D eigenvalue weighted by Gasteiger charge is 2.32. The molecule has 3 nitrogen and oxygen atoms in total. The van der Waals surface area contributed by atoms with Crippen molar-refractivity contribution >= 4 is 11.6 Å². The Balaban J connectivity index is 1.46. The molecule has 114 valence electrons. The molecule has 0 unspecified atom stereocenters. The van der Waals surface area contributed by atoms with Gasteiger partial charge in [0, 0.05) is 18.2 Å². The van der Waals surface area contributed by atoms with Gasteiger partial charge in [-0.3, -0.25) is 4.79 Å². The molecule has 0 atom stereocenters. The van der Waals surface area contributed by atoms with Gasteiger partial charge in [0.15, 0.2) is 0 Å². The predicted molar refractivity (Wildman–Crippen MR) is 86.5 cm³/mol. The van der Waals surface area contributed by atoms with Crippen molar-refractivity contribution in [3.8, 4) is 0 Å². The number of benzene rings is 1. The second-order valence-electron chi connectivity index (χ2n) is 6.76. The third-order valence-electron chi connectivity index (χ3n) is 4.98. The van der Waals surface area contributed by atoms with Crippen LogP contribution in [0.2, 0.25) is 0 Å². The van der Waals surface area contributed by atoms with E-state index in [1.807, 2.05) is 6.07 Å². The number of nitrogens with one attached hydrogen (secondary N) is 1. The van der Waals surface area contributed by atoms with E-state index in [1.54, 1.807) is 0 Å². The number of rotatable bonds is 4. The SMILES string of the molecule is Cc1ccc(NC(=O)CC2CCN(C3CC3)CC2)cc1C. The molecule has 3 rings (SSSR count). The summed E-state index contributed by atoms with van der Waals surface area (Å²) in [4.78, 5) is 14.8. The highest BCUT2D eigenvalue weighted by atomic mass is 16.1. The molecule has 1 aromatic carbocycles. The molecule has 1 heterocycles. The Morgan fingerprint density at radius 3 is 2.48 bits per heavy atom. The normalized spacial score (nSPS) is 20.5. The number of amides is 1. The van der Waals surface area contributed by atoms with Crippen molar-refractivity contribution < 1.29 is 4.79 Å². The highest BCUT2D eigenvalue weighted by Crippen LogP contribution is 2.31. The summed E-state index contributed by atoms with van der Waals surface area (Å²) >= 11 is 0. The van der Waals surface area contributed by atoms with Crippen molar-refractivity contribution in [2.24, 2.45) is 5.92 Å². The first-order chi connectivity index (χ1) is 10.1. The summed E-state index contributed by atoms with van der Waals surface area (Å²) in [6.07, 6.45) is 5.80. The van der Waals surface area contributed by atoms with E-state index in [0.717, 1.165) is 11.7 Å². The second-order valence-corrected chi connectivity index (χ2v) is 6.76. The van der Waals surface area contributed by atoms with Crippen LogP contribution in [0.15, 0.2) is 18.2 Å². The van der Waals surface area contributed by atoms with Crippen LogP contribution in [0.25, 0.3) is 0 Å². The van der Waals surface area contributed by atoms with Gasteiger partial charge in [-0.15, -0.1) is 0 Å². The Morgan fingerprint density at radius 1 is 1.14 bits per heavy atom. The molecule has 1 aliphatic heterocycles. The summed E-state index contributed by atoms with van der Waals surface area (Å²) in [7, 11) is 0. The summed E-state index contributed by atoms with van der Waals surface area (Å²) in [5.74, 6) is 0.731. The summed E-state index contributed by atoms with van der Waals surface area (Å²) in [6, 6.07) is 6.99. The lowest BCUT2D eigenvalue weighted by molar-refractivity contribution is -0.117. The van der Waals surface area contributed by atoms with Crippen LogP contribution in [0.1, 0.15) is 43.2 Å². The number of hydrogen-bond acceptors (Lipinski definition) is 2. The molecule has 2 fully saturated rings. The van der Waals surface area contributed by atoms with Gasteiger partial charge in [-0.1, -0.05) is 6.07 Å². The molecular weight excluding hydrogens is 260 g/mol. The molecule has 0 bridgehead atoms. The van der Waals surface area contributed by atoms with Crippen molar-refractivity contribution in [1.82, 2.24) is 4.90 Å². The molecular formula is C18H26N2O. The molecule has 2 aliphatic rings. The number of anilines is 1. The zero-order chi connectivity index (χ0) is 14.8. The summed E-state index contributed by atoms with van der Waals surface area (Å²) < 4.78 is 0. The maximum absolute atomic E-state index is 12.2. The van der Waals surface area contributed by atoms with E-state index in [9.17, 15) is 4.79 Å². The fourth-order valence-corrected chi connectivity index (χ4v) is 3.26. The van der Waals surface area contributed by atoms with E-state index < -0.39 is 0 Å². The highest BCUT2D eigenvalue weighted by molar-refractivity contribution is 5.91. The van der Waals surface area contributed by atoms with E-state index in [4.69, 9.17) is 0 Å². The van der Waals surface area contributed by atoms with Gasteiger partial charge in [-0.25, -0.2) is 0 Å². The van der Waals surface area contributed by atoms with Crippen molar-refractivity contribution in [3.63, 3.8) is 0 Å². The lowest BCUT2D eigenvalue weighted by atomic mass is 9.93. The first-order valence-corrected chi connectivity index (χ1v) is 8.23. The fourth-order valence-electron chi connectivity index (χ4n) is 3.26. The number of carbonyl (C=O) groups is 1. The Bertz CT molecular complexity index is 514. The third-order valence-corrected chi connectivity index (χ3v) is 4.98. The van der Waals surface area contributed by atoms with Crippen LogP contribution in [-0.2, 0) is 4.79 Å². The quantitative estimate of drug-likeness (QED) is 0.918. The minimum absolute atomic E-state index is 0.170. The molecule has 1 N–H and O–H groups in total. The van der Waals surface area contributed by atoms with Gasteiger partial charge in [0.05, 0.1) is 0 Å². The van der Waals surface area contributed by atoms with E-state index >= 15 is 0 Å². The second kappa shape index (κ2) is 6.18. The van der Waals surface area contributed by atoms with Crippen LogP contribution in [0.5, 0.6) is 0 Å². The van der Waals surface area contributed by atoms with Gasteiger partial charge in [-0.2, -0.15) is 0 Å². The molecule has 3 heteroatoms. The largest absolute Gasteiger partial charge is 0.326 e. The first-order valence-electron chi connectivity index (χ1n) is 8.23. The van der Waals surface area contributed by atoms with E-state index in [2.05, 4.69) is 36.2 Å².